The van der Waals surface area contributed by atoms with Crippen molar-refractivity contribution in [1.82, 2.24) is 25.2 Å². The van der Waals surface area contributed by atoms with Crippen molar-refractivity contribution in [2.45, 2.75) is 18.9 Å². The molecule has 2 heterocycles. The summed E-state index contributed by atoms with van der Waals surface area (Å²) in [5.41, 5.74) is 1.24. The lowest BCUT2D eigenvalue weighted by molar-refractivity contribution is 0.0697. The molecular weight excluding hydrogens is 302 g/mol. The summed E-state index contributed by atoms with van der Waals surface area (Å²) in [6, 6.07) is 9.86. The number of nitrogens with one attached hydrogen (secondary N) is 1. The van der Waals surface area contributed by atoms with Crippen LogP contribution in [-0.2, 0) is 0 Å². The normalized spacial score (nSPS) is 15.1. The number of rotatable bonds is 3. The van der Waals surface area contributed by atoms with Crippen molar-refractivity contribution >= 4 is 18.3 Å². The maximum atomic E-state index is 12.5. The van der Waals surface area contributed by atoms with E-state index in [2.05, 4.69) is 15.5 Å². The van der Waals surface area contributed by atoms with E-state index in [0.717, 1.165) is 31.6 Å². The first-order valence-electron chi connectivity index (χ1n) is 7.21. The second-order valence-electron chi connectivity index (χ2n) is 5.25. The molecule has 3 rings (SSSR count). The highest BCUT2D eigenvalue weighted by atomic mass is 35.5. The van der Waals surface area contributed by atoms with E-state index in [4.69, 9.17) is 0 Å². The van der Waals surface area contributed by atoms with E-state index in [0.29, 0.717) is 5.69 Å². The zero-order chi connectivity index (χ0) is 14.7. The molecule has 0 atom stereocenters. The summed E-state index contributed by atoms with van der Waals surface area (Å²) in [4.78, 5) is 15.8. The van der Waals surface area contributed by atoms with Crippen molar-refractivity contribution in [3.63, 3.8) is 0 Å². The van der Waals surface area contributed by atoms with Gasteiger partial charge in [0.1, 0.15) is 0 Å². The van der Waals surface area contributed by atoms with Crippen LogP contribution in [0.4, 0.5) is 0 Å². The average Bonchev–Trinajstić information content (AvgIpc) is 3.05. The van der Waals surface area contributed by atoms with Crippen LogP contribution in [0, 0.1) is 0 Å². The summed E-state index contributed by atoms with van der Waals surface area (Å²) < 4.78 is 0. The number of hydrogen-bond donors (Lipinski definition) is 1. The van der Waals surface area contributed by atoms with Gasteiger partial charge in [0.15, 0.2) is 5.69 Å². The van der Waals surface area contributed by atoms with Crippen LogP contribution in [0.15, 0.2) is 36.5 Å². The Labute approximate surface area is 135 Å². The molecule has 0 bridgehead atoms. The fraction of sp³-hybridized carbons (Fsp3) is 0.400. The van der Waals surface area contributed by atoms with Gasteiger partial charge in [0, 0.05) is 13.1 Å². The summed E-state index contributed by atoms with van der Waals surface area (Å²) in [6.45, 7) is 1.91. The minimum atomic E-state index is -0.0657. The predicted molar refractivity (Wildman–Crippen MR) is 86.6 cm³/mol. The van der Waals surface area contributed by atoms with Gasteiger partial charge in [-0.15, -0.1) is 17.5 Å². The summed E-state index contributed by atoms with van der Waals surface area (Å²) in [5, 5.41) is 11.8. The Bertz CT molecular complexity index is 609. The van der Waals surface area contributed by atoms with Crippen molar-refractivity contribution in [3.8, 4) is 5.69 Å². The molecule has 118 valence electrons. The molecule has 1 saturated heterocycles. The zero-order valence-electron chi connectivity index (χ0n) is 12.5. The molecule has 6 nitrogen and oxygen atoms in total. The number of carbonyl (C=O) groups excluding carboxylic acids is 1. The quantitative estimate of drug-likeness (QED) is 0.931. The Morgan fingerprint density at radius 2 is 1.95 bits per heavy atom. The minimum Gasteiger partial charge on any atom is -0.337 e. The second kappa shape index (κ2) is 7.38. The minimum absolute atomic E-state index is 0. The highest BCUT2D eigenvalue weighted by Gasteiger charge is 2.24. The maximum absolute atomic E-state index is 12.5. The molecule has 1 N–H and O–H groups in total. The molecule has 1 amide bonds. The molecule has 22 heavy (non-hydrogen) atoms. The van der Waals surface area contributed by atoms with Gasteiger partial charge >= 0.3 is 0 Å². The molecule has 0 unspecified atom stereocenters. The van der Waals surface area contributed by atoms with Crippen LogP contribution in [-0.4, -0.2) is 52.0 Å². The molecule has 7 heteroatoms. The molecule has 1 aliphatic rings. The Balaban J connectivity index is 0.00000176. The molecule has 0 radical (unpaired) electrons. The summed E-state index contributed by atoms with van der Waals surface area (Å²) in [6.07, 6.45) is 3.50. The molecular formula is C15H20ClN5O. The third kappa shape index (κ3) is 3.45. The first-order valence-corrected chi connectivity index (χ1v) is 7.21. The molecule has 0 saturated carbocycles. The summed E-state index contributed by atoms with van der Waals surface area (Å²) >= 11 is 0. The number of halogens is 1. The molecule has 0 spiro atoms. The van der Waals surface area contributed by atoms with E-state index in [1.54, 1.807) is 4.90 Å². The van der Waals surface area contributed by atoms with Crippen molar-refractivity contribution in [2.75, 3.05) is 20.1 Å². The van der Waals surface area contributed by atoms with Crippen molar-refractivity contribution in [3.05, 3.63) is 42.2 Å². The first-order chi connectivity index (χ1) is 10.3. The van der Waals surface area contributed by atoms with E-state index in [1.165, 1.54) is 11.0 Å². The number of hydrogen-bond acceptors (Lipinski definition) is 4. The van der Waals surface area contributed by atoms with Crippen LogP contribution in [0.3, 0.4) is 0 Å². The number of amides is 1. The molecule has 1 fully saturated rings. The van der Waals surface area contributed by atoms with Gasteiger partial charge < -0.3 is 10.2 Å². The molecule has 1 aromatic heterocycles. The lowest BCUT2D eigenvalue weighted by atomic mass is 10.1. The maximum Gasteiger partial charge on any atom is 0.276 e. The predicted octanol–water partition coefficient (Wildman–Crippen LogP) is 1.51. The van der Waals surface area contributed by atoms with Crippen LogP contribution < -0.4 is 5.32 Å². The van der Waals surface area contributed by atoms with Crippen LogP contribution in [0.1, 0.15) is 23.3 Å². The smallest absolute Gasteiger partial charge is 0.276 e. The van der Waals surface area contributed by atoms with Crippen LogP contribution in [0.5, 0.6) is 0 Å². The fourth-order valence-corrected chi connectivity index (χ4v) is 2.59. The van der Waals surface area contributed by atoms with Crippen molar-refractivity contribution in [2.24, 2.45) is 0 Å². The summed E-state index contributed by atoms with van der Waals surface area (Å²) in [5.74, 6) is -0.0657. The Kier molecular flexibility index (Phi) is 5.51. The summed E-state index contributed by atoms with van der Waals surface area (Å²) in [7, 11) is 1.85. The number of aromatic nitrogens is 3. The van der Waals surface area contributed by atoms with Crippen molar-refractivity contribution < 1.29 is 4.79 Å². The monoisotopic (exact) mass is 321 g/mol. The molecule has 2 aromatic rings. The number of nitrogens with zero attached hydrogens (tertiary/aromatic N) is 4. The highest BCUT2D eigenvalue weighted by molar-refractivity contribution is 5.92. The Morgan fingerprint density at radius 1 is 1.27 bits per heavy atom. The Morgan fingerprint density at radius 3 is 2.64 bits per heavy atom. The lowest BCUT2D eigenvalue weighted by Crippen LogP contribution is -2.44. The van der Waals surface area contributed by atoms with Gasteiger partial charge in [0.05, 0.1) is 11.9 Å². The third-order valence-corrected chi connectivity index (χ3v) is 3.87. The fourth-order valence-electron chi connectivity index (χ4n) is 2.59. The van der Waals surface area contributed by atoms with Gasteiger partial charge in [-0.3, -0.25) is 4.79 Å². The van der Waals surface area contributed by atoms with E-state index in [1.807, 2.05) is 37.4 Å². The zero-order valence-corrected chi connectivity index (χ0v) is 13.3. The SMILES string of the molecule is CN(C(=O)c1cnn(-c2ccccc2)n1)C1CCNCC1.Cl. The van der Waals surface area contributed by atoms with Gasteiger partial charge in [-0.05, 0) is 38.1 Å². The Hall–Kier alpha value is -1.92. The van der Waals surface area contributed by atoms with E-state index < -0.39 is 0 Å². The first kappa shape index (κ1) is 16.5. The van der Waals surface area contributed by atoms with Gasteiger partial charge in [-0.1, -0.05) is 18.2 Å². The van der Waals surface area contributed by atoms with Crippen LogP contribution in [0.25, 0.3) is 5.69 Å². The van der Waals surface area contributed by atoms with Crippen molar-refractivity contribution in [1.29, 1.82) is 0 Å². The average molecular weight is 322 g/mol. The van der Waals surface area contributed by atoms with Crippen LogP contribution in [0.2, 0.25) is 0 Å². The topological polar surface area (TPSA) is 63.1 Å². The van der Waals surface area contributed by atoms with Gasteiger partial charge in [0.2, 0.25) is 0 Å². The van der Waals surface area contributed by atoms with E-state index in [9.17, 15) is 4.79 Å². The lowest BCUT2D eigenvalue weighted by Gasteiger charge is -2.31. The third-order valence-electron chi connectivity index (χ3n) is 3.87. The molecule has 0 aliphatic carbocycles. The molecule has 1 aromatic carbocycles. The molecule has 1 aliphatic heterocycles. The highest BCUT2D eigenvalue weighted by Crippen LogP contribution is 2.13. The number of carbonyl (C=O) groups is 1. The van der Waals surface area contributed by atoms with Gasteiger partial charge in [0.25, 0.3) is 5.91 Å². The second-order valence-corrected chi connectivity index (χ2v) is 5.25. The largest absolute Gasteiger partial charge is 0.337 e. The number of benzene rings is 1. The van der Waals surface area contributed by atoms with E-state index in [-0.39, 0.29) is 24.4 Å². The number of piperidine rings is 1. The standard InChI is InChI=1S/C15H19N5O.ClH/c1-19(12-7-9-16-10-8-12)15(21)14-11-17-20(18-14)13-5-3-2-4-6-13;/h2-6,11-12,16H,7-10H2,1H3;1H. The van der Waals surface area contributed by atoms with Gasteiger partial charge in [-0.25, -0.2) is 0 Å². The van der Waals surface area contributed by atoms with E-state index >= 15 is 0 Å². The van der Waals surface area contributed by atoms with Crippen LogP contribution >= 0.6 is 12.4 Å². The van der Waals surface area contributed by atoms with Gasteiger partial charge in [-0.2, -0.15) is 9.90 Å². The number of para-hydroxylation sites is 1.